The van der Waals surface area contributed by atoms with Crippen LogP contribution in [0.25, 0.3) is 0 Å². The average Bonchev–Trinajstić information content (AvgIpc) is 3.79. The van der Waals surface area contributed by atoms with Gasteiger partial charge in [-0.15, -0.1) is 0 Å². The molecule has 1 aliphatic heterocycles. The molecule has 8 nitrogen and oxygen atoms in total. The van der Waals surface area contributed by atoms with Gasteiger partial charge in [-0.3, -0.25) is 14.4 Å². The molecule has 1 heterocycles. The molecule has 0 radical (unpaired) electrons. The SMILES string of the molecule is NCCCC[C@H](NC(=O)C1OC1C(=O)NCCc1ccccc1)C(=O)N(Cc1ccccc1)Cc1ccccc1. The number of carbonyl (C=O) groups excluding carboxylic acids is 3. The zero-order valence-electron chi connectivity index (χ0n) is 22.7. The summed E-state index contributed by atoms with van der Waals surface area (Å²) in [7, 11) is 0. The molecule has 3 aromatic rings. The van der Waals surface area contributed by atoms with Gasteiger partial charge in [0.05, 0.1) is 0 Å². The second-order valence-corrected chi connectivity index (χ2v) is 10.0. The molecule has 0 bridgehead atoms. The number of unbranched alkanes of at least 4 members (excludes halogenated alkanes) is 1. The number of nitrogens with zero attached hydrogens (tertiary/aromatic N) is 1. The predicted octanol–water partition coefficient (Wildman–Crippen LogP) is 2.96. The van der Waals surface area contributed by atoms with Gasteiger partial charge in [-0.25, -0.2) is 0 Å². The minimum atomic E-state index is -0.904. The summed E-state index contributed by atoms with van der Waals surface area (Å²) in [6.45, 7) is 1.77. The molecule has 1 aliphatic rings. The van der Waals surface area contributed by atoms with Gasteiger partial charge in [-0.05, 0) is 48.9 Å². The topological polar surface area (TPSA) is 117 Å². The molecule has 1 saturated heterocycles. The van der Waals surface area contributed by atoms with Crippen LogP contribution in [0.3, 0.4) is 0 Å². The van der Waals surface area contributed by atoms with Gasteiger partial charge in [0.2, 0.25) is 5.91 Å². The monoisotopic (exact) mass is 542 g/mol. The van der Waals surface area contributed by atoms with Gasteiger partial charge in [0.25, 0.3) is 11.8 Å². The zero-order chi connectivity index (χ0) is 28.2. The number of carbonyl (C=O) groups is 3. The maximum atomic E-state index is 13.9. The molecular weight excluding hydrogens is 504 g/mol. The summed E-state index contributed by atoms with van der Waals surface area (Å²) < 4.78 is 5.43. The maximum absolute atomic E-state index is 13.9. The lowest BCUT2D eigenvalue weighted by molar-refractivity contribution is -0.138. The fourth-order valence-electron chi connectivity index (χ4n) is 4.63. The van der Waals surface area contributed by atoms with Crippen LogP contribution in [0.15, 0.2) is 91.0 Å². The number of nitrogens with two attached hydrogens (primary N) is 1. The lowest BCUT2D eigenvalue weighted by Crippen LogP contribution is -2.49. The number of nitrogens with one attached hydrogen (secondary N) is 2. The van der Waals surface area contributed by atoms with Crippen LogP contribution in [-0.4, -0.2) is 54.0 Å². The maximum Gasteiger partial charge on any atom is 0.253 e. The van der Waals surface area contributed by atoms with Crippen LogP contribution in [0.5, 0.6) is 0 Å². The highest BCUT2D eigenvalue weighted by Gasteiger charge is 2.51. The second kappa shape index (κ2) is 15.0. The standard InChI is InChI=1S/C32H38N4O4/c33-20-11-10-18-27(32(39)36(22-25-14-6-2-7-15-25)23-26-16-8-3-9-17-26)35-31(38)29-28(40-29)30(37)34-21-19-24-12-4-1-5-13-24/h1-9,12-17,27-29H,10-11,18-23,33H2,(H,34,37)(H,35,38)/t27-,28?,29?/m0/s1. The lowest BCUT2D eigenvalue weighted by Gasteiger charge is -2.28. The molecule has 2 unspecified atom stereocenters. The van der Waals surface area contributed by atoms with Crippen molar-refractivity contribution in [1.82, 2.24) is 15.5 Å². The summed E-state index contributed by atoms with van der Waals surface area (Å²) >= 11 is 0. The quantitative estimate of drug-likeness (QED) is 0.202. The molecule has 40 heavy (non-hydrogen) atoms. The second-order valence-electron chi connectivity index (χ2n) is 10.0. The predicted molar refractivity (Wildman–Crippen MR) is 154 cm³/mol. The highest BCUT2D eigenvalue weighted by molar-refractivity contribution is 5.97. The summed E-state index contributed by atoms with van der Waals surface area (Å²) in [6, 6.07) is 28.6. The van der Waals surface area contributed by atoms with Crippen LogP contribution in [0.1, 0.15) is 36.0 Å². The van der Waals surface area contributed by atoms with Crippen LogP contribution in [-0.2, 0) is 38.6 Å². The van der Waals surface area contributed by atoms with Crippen molar-refractivity contribution in [3.63, 3.8) is 0 Å². The Morgan fingerprint density at radius 2 is 1.27 bits per heavy atom. The molecule has 3 aromatic carbocycles. The minimum Gasteiger partial charge on any atom is -0.353 e. The van der Waals surface area contributed by atoms with Gasteiger partial charge < -0.3 is 26.0 Å². The number of hydrogen-bond acceptors (Lipinski definition) is 5. The normalized spacial score (nSPS) is 16.5. The number of hydrogen-bond donors (Lipinski definition) is 3. The van der Waals surface area contributed by atoms with E-state index in [9.17, 15) is 14.4 Å². The molecule has 4 N–H and O–H groups in total. The first-order valence-electron chi connectivity index (χ1n) is 13.9. The van der Waals surface area contributed by atoms with Crippen molar-refractivity contribution in [2.45, 2.75) is 57.0 Å². The van der Waals surface area contributed by atoms with Crippen molar-refractivity contribution in [3.8, 4) is 0 Å². The molecule has 210 valence electrons. The zero-order valence-corrected chi connectivity index (χ0v) is 22.7. The van der Waals surface area contributed by atoms with E-state index in [-0.39, 0.29) is 11.8 Å². The third kappa shape index (κ3) is 8.76. The Hall–Kier alpha value is -4.01. The molecule has 0 saturated carbocycles. The molecule has 0 aromatic heterocycles. The summed E-state index contributed by atoms with van der Waals surface area (Å²) in [5, 5.41) is 5.72. The first-order valence-corrected chi connectivity index (χ1v) is 13.9. The fraction of sp³-hybridized carbons (Fsp3) is 0.344. The summed E-state index contributed by atoms with van der Waals surface area (Å²) in [5.41, 5.74) is 8.80. The average molecular weight is 543 g/mol. The van der Waals surface area contributed by atoms with Crippen LogP contribution in [0, 0.1) is 0 Å². The minimum absolute atomic E-state index is 0.178. The third-order valence-electron chi connectivity index (χ3n) is 6.87. The number of epoxide rings is 1. The molecule has 3 amide bonds. The van der Waals surface area contributed by atoms with Crippen molar-refractivity contribution in [3.05, 3.63) is 108 Å². The van der Waals surface area contributed by atoms with Gasteiger partial charge in [0.15, 0.2) is 12.2 Å². The van der Waals surface area contributed by atoms with Crippen LogP contribution in [0.4, 0.5) is 0 Å². The Balaban J connectivity index is 1.38. The van der Waals surface area contributed by atoms with Crippen LogP contribution >= 0.6 is 0 Å². The Kier molecular flexibility index (Phi) is 10.8. The summed E-state index contributed by atoms with van der Waals surface area (Å²) in [6.07, 6.45) is 0.809. The van der Waals surface area contributed by atoms with Crippen molar-refractivity contribution in [2.24, 2.45) is 5.73 Å². The van der Waals surface area contributed by atoms with E-state index in [0.29, 0.717) is 45.4 Å². The lowest BCUT2D eigenvalue weighted by atomic mass is 10.1. The van der Waals surface area contributed by atoms with E-state index in [0.717, 1.165) is 23.1 Å². The molecule has 0 aliphatic carbocycles. The molecule has 0 spiro atoms. The summed E-state index contributed by atoms with van der Waals surface area (Å²) in [5.74, 6) is -0.951. The van der Waals surface area contributed by atoms with Crippen molar-refractivity contribution >= 4 is 17.7 Å². The van der Waals surface area contributed by atoms with E-state index >= 15 is 0 Å². The number of benzene rings is 3. The Labute approximate surface area is 235 Å². The summed E-state index contributed by atoms with van der Waals surface area (Å²) in [4.78, 5) is 41.3. The van der Waals surface area contributed by atoms with Crippen LogP contribution in [0.2, 0.25) is 0 Å². The van der Waals surface area contributed by atoms with E-state index < -0.39 is 24.2 Å². The number of ether oxygens (including phenoxy) is 1. The van der Waals surface area contributed by atoms with Gasteiger partial charge >= 0.3 is 0 Å². The Morgan fingerprint density at radius 1 is 0.750 bits per heavy atom. The highest BCUT2D eigenvalue weighted by Crippen LogP contribution is 2.23. The van der Waals surface area contributed by atoms with E-state index in [1.165, 1.54) is 0 Å². The largest absolute Gasteiger partial charge is 0.353 e. The van der Waals surface area contributed by atoms with Gasteiger partial charge in [0.1, 0.15) is 6.04 Å². The Bertz CT molecular complexity index is 1180. The van der Waals surface area contributed by atoms with Crippen molar-refractivity contribution in [1.29, 1.82) is 0 Å². The molecule has 3 atom stereocenters. The van der Waals surface area contributed by atoms with Crippen molar-refractivity contribution < 1.29 is 19.1 Å². The first kappa shape index (κ1) is 29.0. The van der Waals surface area contributed by atoms with Gasteiger partial charge in [-0.1, -0.05) is 91.0 Å². The third-order valence-corrected chi connectivity index (χ3v) is 6.87. The fourth-order valence-corrected chi connectivity index (χ4v) is 4.63. The molecule has 4 rings (SSSR count). The van der Waals surface area contributed by atoms with E-state index in [4.69, 9.17) is 10.5 Å². The van der Waals surface area contributed by atoms with Crippen LogP contribution < -0.4 is 16.4 Å². The first-order chi connectivity index (χ1) is 19.5. The number of amides is 3. The molecule has 1 fully saturated rings. The molecular formula is C32H38N4O4. The smallest absolute Gasteiger partial charge is 0.253 e. The Morgan fingerprint density at radius 3 is 1.82 bits per heavy atom. The highest BCUT2D eigenvalue weighted by atomic mass is 16.6. The van der Waals surface area contributed by atoms with Gasteiger partial charge in [-0.2, -0.15) is 0 Å². The van der Waals surface area contributed by atoms with E-state index in [1.54, 1.807) is 4.90 Å². The molecule has 8 heteroatoms. The van der Waals surface area contributed by atoms with E-state index in [2.05, 4.69) is 10.6 Å². The van der Waals surface area contributed by atoms with Crippen molar-refractivity contribution in [2.75, 3.05) is 13.1 Å². The van der Waals surface area contributed by atoms with Gasteiger partial charge in [0, 0.05) is 19.6 Å². The van der Waals surface area contributed by atoms with E-state index in [1.807, 2.05) is 91.0 Å². The number of rotatable bonds is 15.